The van der Waals surface area contributed by atoms with Gasteiger partial charge in [-0.15, -0.1) is 0 Å². The predicted molar refractivity (Wildman–Crippen MR) is 83.6 cm³/mol. The van der Waals surface area contributed by atoms with Crippen LogP contribution in [0.25, 0.3) is 0 Å². The van der Waals surface area contributed by atoms with Gasteiger partial charge in [0.25, 0.3) is 0 Å². The van der Waals surface area contributed by atoms with Gasteiger partial charge in [0.1, 0.15) is 6.61 Å². The van der Waals surface area contributed by atoms with Crippen molar-refractivity contribution < 1.29 is 9.53 Å². The lowest BCUT2D eigenvalue weighted by Gasteiger charge is -2.08. The number of esters is 1. The third-order valence-corrected chi connectivity index (χ3v) is 3.61. The lowest BCUT2D eigenvalue weighted by atomic mass is 10.1. The molecule has 20 heavy (non-hydrogen) atoms. The van der Waals surface area contributed by atoms with Gasteiger partial charge < -0.3 is 10.5 Å². The average Bonchev–Trinajstić information content (AvgIpc) is 2.38. The summed E-state index contributed by atoms with van der Waals surface area (Å²) in [6, 6.07) is 11.1. The van der Waals surface area contributed by atoms with E-state index in [1.165, 1.54) is 0 Å². The standard InChI is InChI=1S/C16H16BrNO2/c1-10-5-11(2)7-12(6-10)9-20-16(19)13-3-4-14(17)15(18)8-13/h3-8H,9,18H2,1-2H3. The van der Waals surface area contributed by atoms with Crippen LogP contribution >= 0.6 is 15.9 Å². The van der Waals surface area contributed by atoms with Crippen LogP contribution in [0.15, 0.2) is 40.9 Å². The lowest BCUT2D eigenvalue weighted by Crippen LogP contribution is -2.06. The number of nitrogen functional groups attached to an aromatic ring is 1. The minimum atomic E-state index is -0.372. The largest absolute Gasteiger partial charge is 0.457 e. The molecule has 0 saturated heterocycles. The zero-order chi connectivity index (χ0) is 14.7. The van der Waals surface area contributed by atoms with Crippen molar-refractivity contribution in [2.75, 3.05) is 5.73 Å². The van der Waals surface area contributed by atoms with Crippen molar-refractivity contribution in [3.63, 3.8) is 0 Å². The van der Waals surface area contributed by atoms with Gasteiger partial charge in [-0.25, -0.2) is 4.79 Å². The SMILES string of the molecule is Cc1cc(C)cc(COC(=O)c2ccc(Br)c(N)c2)c1. The van der Waals surface area contributed by atoms with E-state index in [0.717, 1.165) is 21.2 Å². The Bertz CT molecular complexity index is 633. The van der Waals surface area contributed by atoms with Gasteiger partial charge >= 0.3 is 5.97 Å². The number of hydrogen-bond donors (Lipinski definition) is 1. The molecule has 0 unspecified atom stereocenters. The van der Waals surface area contributed by atoms with Gasteiger partial charge in [0.2, 0.25) is 0 Å². The average molecular weight is 334 g/mol. The van der Waals surface area contributed by atoms with Crippen molar-refractivity contribution in [1.82, 2.24) is 0 Å². The number of aryl methyl sites for hydroxylation is 2. The summed E-state index contributed by atoms with van der Waals surface area (Å²) in [5.41, 5.74) is 10.0. The van der Waals surface area contributed by atoms with Crippen LogP contribution in [0.5, 0.6) is 0 Å². The molecule has 0 amide bonds. The van der Waals surface area contributed by atoms with E-state index >= 15 is 0 Å². The number of halogens is 1. The Hall–Kier alpha value is -1.81. The van der Waals surface area contributed by atoms with E-state index < -0.39 is 0 Å². The Labute approximate surface area is 126 Å². The highest BCUT2D eigenvalue weighted by Crippen LogP contribution is 2.21. The Kier molecular flexibility index (Phi) is 4.45. The summed E-state index contributed by atoms with van der Waals surface area (Å²) in [6.45, 7) is 4.30. The van der Waals surface area contributed by atoms with E-state index in [0.29, 0.717) is 11.3 Å². The number of nitrogens with two attached hydrogens (primary N) is 1. The van der Waals surface area contributed by atoms with Crippen LogP contribution in [0.1, 0.15) is 27.0 Å². The van der Waals surface area contributed by atoms with Crippen LogP contribution in [0.3, 0.4) is 0 Å². The molecule has 0 aliphatic carbocycles. The zero-order valence-corrected chi connectivity index (χ0v) is 13.0. The zero-order valence-electron chi connectivity index (χ0n) is 11.4. The van der Waals surface area contributed by atoms with Gasteiger partial charge in [0.15, 0.2) is 0 Å². The minimum absolute atomic E-state index is 0.261. The first-order valence-corrected chi connectivity index (χ1v) is 7.04. The first kappa shape index (κ1) is 14.6. The van der Waals surface area contributed by atoms with E-state index in [-0.39, 0.29) is 12.6 Å². The van der Waals surface area contributed by atoms with Gasteiger partial charge in [-0.1, -0.05) is 29.3 Å². The van der Waals surface area contributed by atoms with Crippen molar-refractivity contribution in [2.45, 2.75) is 20.5 Å². The highest BCUT2D eigenvalue weighted by molar-refractivity contribution is 9.10. The molecule has 0 aliphatic heterocycles. The van der Waals surface area contributed by atoms with Crippen LogP contribution < -0.4 is 5.73 Å². The molecular weight excluding hydrogens is 318 g/mol. The molecule has 2 N–H and O–H groups in total. The molecule has 2 rings (SSSR count). The third kappa shape index (κ3) is 3.61. The Morgan fingerprint density at radius 3 is 2.40 bits per heavy atom. The molecule has 0 atom stereocenters. The number of carbonyl (C=O) groups excluding carboxylic acids is 1. The molecule has 0 aliphatic rings. The van der Waals surface area contributed by atoms with E-state index in [1.54, 1.807) is 18.2 Å². The maximum atomic E-state index is 12.0. The summed E-state index contributed by atoms with van der Waals surface area (Å²) in [4.78, 5) is 12.0. The number of rotatable bonds is 3. The van der Waals surface area contributed by atoms with Crippen molar-refractivity contribution in [3.8, 4) is 0 Å². The maximum Gasteiger partial charge on any atom is 0.338 e. The number of carbonyl (C=O) groups is 1. The summed E-state index contributed by atoms with van der Waals surface area (Å²) in [5, 5.41) is 0. The number of anilines is 1. The van der Waals surface area contributed by atoms with Crippen LogP contribution in [-0.4, -0.2) is 5.97 Å². The molecule has 4 heteroatoms. The van der Waals surface area contributed by atoms with Crippen molar-refractivity contribution in [2.24, 2.45) is 0 Å². The first-order valence-electron chi connectivity index (χ1n) is 6.25. The van der Waals surface area contributed by atoms with Gasteiger partial charge in [-0.05, 0) is 53.5 Å². The molecule has 0 spiro atoms. The van der Waals surface area contributed by atoms with E-state index in [1.807, 2.05) is 26.0 Å². The molecule has 0 heterocycles. The molecule has 0 fully saturated rings. The van der Waals surface area contributed by atoms with Gasteiger partial charge in [-0.3, -0.25) is 0 Å². The molecule has 2 aromatic rings. The topological polar surface area (TPSA) is 52.3 Å². The molecule has 0 aromatic heterocycles. The number of hydrogen-bond acceptors (Lipinski definition) is 3. The van der Waals surface area contributed by atoms with Crippen molar-refractivity contribution >= 4 is 27.6 Å². The monoisotopic (exact) mass is 333 g/mol. The molecular formula is C16H16BrNO2. The van der Waals surface area contributed by atoms with Crippen LogP contribution in [0.2, 0.25) is 0 Å². The summed E-state index contributed by atoms with van der Waals surface area (Å²) in [6.07, 6.45) is 0. The van der Waals surface area contributed by atoms with Gasteiger partial charge in [0.05, 0.1) is 5.56 Å². The van der Waals surface area contributed by atoms with Crippen molar-refractivity contribution in [1.29, 1.82) is 0 Å². The van der Waals surface area contributed by atoms with E-state index in [9.17, 15) is 4.79 Å². The van der Waals surface area contributed by atoms with Crippen LogP contribution in [-0.2, 0) is 11.3 Å². The fraction of sp³-hybridized carbons (Fsp3) is 0.188. The first-order chi connectivity index (χ1) is 9.45. The Balaban J connectivity index is 2.06. The molecule has 3 nitrogen and oxygen atoms in total. The molecule has 0 bridgehead atoms. The minimum Gasteiger partial charge on any atom is -0.457 e. The lowest BCUT2D eigenvalue weighted by molar-refractivity contribution is 0.0472. The molecule has 2 aromatic carbocycles. The Morgan fingerprint density at radius 1 is 1.15 bits per heavy atom. The smallest absolute Gasteiger partial charge is 0.338 e. The quantitative estimate of drug-likeness (QED) is 0.682. The van der Waals surface area contributed by atoms with E-state index in [4.69, 9.17) is 10.5 Å². The normalized spacial score (nSPS) is 10.3. The van der Waals surface area contributed by atoms with E-state index in [2.05, 4.69) is 22.0 Å². The summed E-state index contributed by atoms with van der Waals surface area (Å²) in [5.74, 6) is -0.372. The van der Waals surface area contributed by atoms with Crippen molar-refractivity contribution in [3.05, 3.63) is 63.1 Å². The summed E-state index contributed by atoms with van der Waals surface area (Å²) < 4.78 is 6.08. The second-order valence-corrected chi connectivity index (χ2v) is 5.66. The Morgan fingerprint density at radius 2 is 1.80 bits per heavy atom. The van der Waals surface area contributed by atoms with Gasteiger partial charge in [0, 0.05) is 10.2 Å². The number of ether oxygens (including phenoxy) is 1. The fourth-order valence-corrected chi connectivity index (χ4v) is 2.30. The van der Waals surface area contributed by atoms with Crippen LogP contribution in [0.4, 0.5) is 5.69 Å². The fourth-order valence-electron chi connectivity index (χ4n) is 2.06. The maximum absolute atomic E-state index is 12.0. The molecule has 0 saturated carbocycles. The highest BCUT2D eigenvalue weighted by Gasteiger charge is 2.09. The predicted octanol–water partition coefficient (Wildman–Crippen LogP) is 4.01. The number of benzene rings is 2. The third-order valence-electron chi connectivity index (χ3n) is 2.88. The second kappa shape index (κ2) is 6.09. The van der Waals surface area contributed by atoms with Crippen LogP contribution in [0, 0.1) is 13.8 Å². The molecule has 104 valence electrons. The molecule has 0 radical (unpaired) electrons. The summed E-state index contributed by atoms with van der Waals surface area (Å²) >= 11 is 3.29. The van der Waals surface area contributed by atoms with Gasteiger partial charge in [-0.2, -0.15) is 0 Å². The highest BCUT2D eigenvalue weighted by atomic mass is 79.9. The summed E-state index contributed by atoms with van der Waals surface area (Å²) in [7, 11) is 0. The second-order valence-electron chi connectivity index (χ2n) is 4.81.